The predicted molar refractivity (Wildman–Crippen MR) is 103 cm³/mol. The number of halogens is 1. The highest BCUT2D eigenvalue weighted by Crippen LogP contribution is 2.53. The molecule has 0 saturated heterocycles. The molecule has 2 nitrogen and oxygen atoms in total. The van der Waals surface area contributed by atoms with E-state index in [9.17, 15) is 5.11 Å². The maximum atomic E-state index is 10.7. The second kappa shape index (κ2) is 7.11. The Morgan fingerprint density at radius 3 is 2.79 bits per heavy atom. The van der Waals surface area contributed by atoms with E-state index in [-0.39, 0.29) is 11.5 Å². The van der Waals surface area contributed by atoms with Gasteiger partial charge in [-0.05, 0) is 70.6 Å². The molecule has 0 bridgehead atoms. The van der Waals surface area contributed by atoms with Crippen LogP contribution in [0, 0.1) is 5.92 Å². The van der Waals surface area contributed by atoms with Crippen LogP contribution in [0.1, 0.15) is 69.9 Å². The number of hydrogen-bond acceptors (Lipinski definition) is 2. The Morgan fingerprint density at radius 1 is 1.25 bits per heavy atom. The van der Waals surface area contributed by atoms with Crippen LogP contribution in [0.4, 0.5) is 0 Å². The van der Waals surface area contributed by atoms with Gasteiger partial charge in [-0.2, -0.15) is 0 Å². The summed E-state index contributed by atoms with van der Waals surface area (Å²) in [5.41, 5.74) is 3.43. The molecule has 1 aliphatic carbocycles. The van der Waals surface area contributed by atoms with Crippen LogP contribution < -0.4 is 4.74 Å². The van der Waals surface area contributed by atoms with Gasteiger partial charge in [0.05, 0.1) is 0 Å². The van der Waals surface area contributed by atoms with Gasteiger partial charge in [-0.15, -0.1) is 0 Å². The van der Waals surface area contributed by atoms with E-state index in [0.29, 0.717) is 11.7 Å². The smallest absolute Gasteiger partial charge is 0.127 e. The Hall–Kier alpha value is -0.960. The third kappa shape index (κ3) is 3.51. The first-order valence-corrected chi connectivity index (χ1v) is 10.3. The zero-order valence-electron chi connectivity index (χ0n) is 15.1. The molecule has 24 heavy (non-hydrogen) atoms. The van der Waals surface area contributed by atoms with Crippen LogP contribution in [-0.4, -0.2) is 16.0 Å². The Balaban J connectivity index is 1.91. The number of aryl methyl sites for hydroxylation is 1. The van der Waals surface area contributed by atoms with Gasteiger partial charge in [-0.25, -0.2) is 0 Å². The molecule has 1 heterocycles. The van der Waals surface area contributed by atoms with Crippen molar-refractivity contribution in [1.29, 1.82) is 0 Å². The lowest BCUT2D eigenvalue weighted by atomic mass is 9.68. The lowest BCUT2D eigenvalue weighted by molar-refractivity contribution is 0.0107. The van der Waals surface area contributed by atoms with Gasteiger partial charge < -0.3 is 9.84 Å². The minimum absolute atomic E-state index is 0.185. The average molecular weight is 393 g/mol. The number of allylic oxidation sites excluding steroid dienone is 2. The van der Waals surface area contributed by atoms with E-state index in [2.05, 4.69) is 48.8 Å². The topological polar surface area (TPSA) is 29.5 Å². The highest BCUT2D eigenvalue weighted by Gasteiger charge is 2.45. The van der Waals surface area contributed by atoms with Crippen molar-refractivity contribution in [2.24, 2.45) is 5.92 Å². The van der Waals surface area contributed by atoms with Crippen LogP contribution in [0.3, 0.4) is 0 Å². The van der Waals surface area contributed by atoms with E-state index >= 15 is 0 Å². The van der Waals surface area contributed by atoms with E-state index in [1.54, 1.807) is 0 Å². The van der Waals surface area contributed by atoms with Crippen molar-refractivity contribution in [1.82, 2.24) is 0 Å². The first-order chi connectivity index (χ1) is 11.4. The molecule has 132 valence electrons. The maximum absolute atomic E-state index is 10.7. The molecule has 0 aromatic heterocycles. The van der Waals surface area contributed by atoms with E-state index in [1.807, 2.05) is 6.07 Å². The molecule has 2 atom stereocenters. The molecule has 0 saturated carbocycles. The predicted octanol–water partition coefficient (Wildman–Crippen LogP) is 6.11. The van der Waals surface area contributed by atoms with Gasteiger partial charge in [-0.3, -0.25) is 0 Å². The second-order valence-corrected chi connectivity index (χ2v) is 8.71. The number of fused-ring (bicyclic) bond motifs is 3. The van der Waals surface area contributed by atoms with Gasteiger partial charge in [0.25, 0.3) is 0 Å². The summed E-state index contributed by atoms with van der Waals surface area (Å²) < 4.78 is 6.38. The fourth-order valence-corrected chi connectivity index (χ4v) is 4.72. The third-order valence-corrected chi connectivity index (χ3v) is 6.19. The summed E-state index contributed by atoms with van der Waals surface area (Å²) in [7, 11) is 0. The molecule has 2 aliphatic rings. The number of alkyl halides is 1. The molecule has 2 unspecified atom stereocenters. The monoisotopic (exact) mass is 392 g/mol. The second-order valence-electron chi connectivity index (χ2n) is 7.92. The Kier molecular flexibility index (Phi) is 5.29. The van der Waals surface area contributed by atoms with Crippen molar-refractivity contribution in [2.45, 2.75) is 70.8 Å². The van der Waals surface area contributed by atoms with Gasteiger partial charge in [0.1, 0.15) is 17.1 Å². The van der Waals surface area contributed by atoms with Gasteiger partial charge in [0.15, 0.2) is 0 Å². The van der Waals surface area contributed by atoms with Crippen LogP contribution in [0.15, 0.2) is 23.8 Å². The molecule has 0 amide bonds. The summed E-state index contributed by atoms with van der Waals surface area (Å²) in [5.74, 6) is 2.02. The normalized spacial score (nSPS) is 24.6. The summed E-state index contributed by atoms with van der Waals surface area (Å²) in [6.45, 7) is 6.59. The van der Waals surface area contributed by atoms with Crippen molar-refractivity contribution >= 4 is 15.9 Å². The van der Waals surface area contributed by atoms with Crippen LogP contribution >= 0.6 is 15.9 Å². The van der Waals surface area contributed by atoms with Crippen molar-refractivity contribution in [3.05, 3.63) is 34.9 Å². The molecule has 3 heteroatoms. The fraction of sp³-hybridized carbons (Fsp3) is 0.619. The highest BCUT2D eigenvalue weighted by atomic mass is 79.9. The van der Waals surface area contributed by atoms with Crippen LogP contribution in [0.5, 0.6) is 11.5 Å². The molecular weight excluding hydrogens is 364 g/mol. The summed E-state index contributed by atoms with van der Waals surface area (Å²) in [6, 6.07) is 4.13. The van der Waals surface area contributed by atoms with E-state index in [0.717, 1.165) is 42.3 Å². The third-order valence-electron chi connectivity index (χ3n) is 5.63. The largest absolute Gasteiger partial charge is 0.507 e. The molecule has 1 N–H and O–H groups in total. The molecule has 0 spiro atoms. The van der Waals surface area contributed by atoms with Crippen molar-refractivity contribution in [2.75, 3.05) is 5.33 Å². The summed E-state index contributed by atoms with van der Waals surface area (Å²) >= 11 is 3.48. The van der Waals surface area contributed by atoms with Crippen molar-refractivity contribution < 1.29 is 9.84 Å². The van der Waals surface area contributed by atoms with E-state index in [1.165, 1.54) is 24.0 Å². The number of phenolic OH excluding ortho intramolecular Hbond substituents is 1. The van der Waals surface area contributed by atoms with Crippen molar-refractivity contribution in [3.8, 4) is 11.5 Å². The minimum Gasteiger partial charge on any atom is -0.507 e. The molecule has 0 radical (unpaired) electrons. The van der Waals surface area contributed by atoms with Crippen LogP contribution in [-0.2, 0) is 6.42 Å². The van der Waals surface area contributed by atoms with Gasteiger partial charge in [0, 0.05) is 22.7 Å². The Labute approximate surface area is 154 Å². The lowest BCUT2D eigenvalue weighted by Crippen LogP contribution is -2.45. The van der Waals surface area contributed by atoms with Crippen LogP contribution in [0.25, 0.3) is 0 Å². The molecule has 1 aliphatic heterocycles. The van der Waals surface area contributed by atoms with Crippen LogP contribution in [0.2, 0.25) is 0 Å². The standard InChI is InChI=1S/C21H29BrO2/c1-14-8-9-17-16(11-14)20-18(23)12-15(7-5-4-6-10-22)13-19(20)24-21(17,2)3/h11-13,16-17,23H,4-10H2,1-3H3. The quantitative estimate of drug-likeness (QED) is 0.372. The summed E-state index contributed by atoms with van der Waals surface area (Å²) in [5, 5.41) is 11.8. The lowest BCUT2D eigenvalue weighted by Gasteiger charge is -2.46. The molecule has 1 aromatic rings. The number of ether oxygens (including phenoxy) is 1. The number of rotatable bonds is 5. The number of hydrogen-bond donors (Lipinski definition) is 1. The molecule has 1 aromatic carbocycles. The van der Waals surface area contributed by atoms with Crippen molar-refractivity contribution in [3.63, 3.8) is 0 Å². The molecule has 0 fully saturated rings. The fourth-order valence-electron chi connectivity index (χ4n) is 4.32. The number of aromatic hydroxyl groups is 1. The Bertz CT molecular complexity index is 633. The number of unbranched alkanes of at least 4 members (excludes halogenated alkanes) is 2. The van der Waals surface area contributed by atoms with E-state index in [4.69, 9.17) is 4.74 Å². The zero-order valence-corrected chi connectivity index (χ0v) is 16.7. The average Bonchev–Trinajstić information content (AvgIpc) is 2.50. The molecular formula is C21H29BrO2. The zero-order chi connectivity index (χ0) is 17.3. The minimum atomic E-state index is -0.185. The highest BCUT2D eigenvalue weighted by molar-refractivity contribution is 9.09. The van der Waals surface area contributed by atoms with Gasteiger partial charge in [0.2, 0.25) is 0 Å². The molecule has 3 rings (SSSR count). The summed E-state index contributed by atoms with van der Waals surface area (Å²) in [4.78, 5) is 0. The first kappa shape index (κ1) is 17.8. The summed E-state index contributed by atoms with van der Waals surface area (Å²) in [6.07, 6.45) is 9.19. The number of benzene rings is 1. The maximum Gasteiger partial charge on any atom is 0.127 e. The van der Waals surface area contributed by atoms with Gasteiger partial charge in [-0.1, -0.05) is 34.0 Å². The van der Waals surface area contributed by atoms with E-state index < -0.39 is 0 Å². The first-order valence-electron chi connectivity index (χ1n) is 9.20. The Morgan fingerprint density at radius 2 is 2.04 bits per heavy atom. The number of phenols is 1. The van der Waals surface area contributed by atoms with Gasteiger partial charge >= 0.3 is 0 Å². The SMILES string of the molecule is CC1=CC2c3c(O)cc(CCCCCBr)cc3OC(C)(C)C2CC1.